The maximum atomic E-state index is 13.1. The molecule has 0 aromatic heterocycles. The van der Waals surface area contributed by atoms with Gasteiger partial charge in [0.25, 0.3) is 0 Å². The van der Waals surface area contributed by atoms with Gasteiger partial charge in [-0.25, -0.2) is 4.39 Å². The molecule has 0 atom stereocenters. The third-order valence-electron chi connectivity index (χ3n) is 2.09. The highest BCUT2D eigenvalue weighted by atomic mass is 19.1. The average molecular weight is 235 g/mol. The number of benzene rings is 1. The number of carbonyl (C=O) groups is 1. The summed E-state index contributed by atoms with van der Waals surface area (Å²) >= 11 is 0. The van der Waals surface area contributed by atoms with Gasteiger partial charge in [0.15, 0.2) is 0 Å². The lowest BCUT2D eigenvalue weighted by molar-refractivity contribution is -0.118. The molecular formula is C12H14FN3O. The van der Waals surface area contributed by atoms with Crippen LogP contribution in [0.5, 0.6) is 0 Å². The van der Waals surface area contributed by atoms with Crippen molar-refractivity contribution in [3.8, 4) is 6.07 Å². The second-order valence-corrected chi connectivity index (χ2v) is 3.62. The Balaban J connectivity index is 2.39. The second-order valence-electron chi connectivity index (χ2n) is 3.62. The molecule has 0 bridgehead atoms. The quantitative estimate of drug-likeness (QED) is 0.746. The number of hydrogen-bond donors (Lipinski definition) is 2. The monoisotopic (exact) mass is 235 g/mol. The van der Waals surface area contributed by atoms with Gasteiger partial charge < -0.3 is 10.6 Å². The van der Waals surface area contributed by atoms with Crippen molar-refractivity contribution in [3.05, 3.63) is 35.1 Å². The van der Waals surface area contributed by atoms with E-state index in [0.717, 1.165) is 0 Å². The van der Waals surface area contributed by atoms with Gasteiger partial charge in [-0.2, -0.15) is 5.26 Å². The fourth-order valence-corrected chi connectivity index (χ4v) is 1.38. The number of rotatable bonds is 5. The number of nitrogens with zero attached hydrogens (tertiary/aromatic N) is 1. The van der Waals surface area contributed by atoms with E-state index in [0.29, 0.717) is 30.8 Å². The van der Waals surface area contributed by atoms with Crippen molar-refractivity contribution in [1.82, 2.24) is 10.6 Å². The topological polar surface area (TPSA) is 64.9 Å². The van der Waals surface area contributed by atoms with Crippen LogP contribution in [0.25, 0.3) is 0 Å². The fourth-order valence-electron chi connectivity index (χ4n) is 1.38. The van der Waals surface area contributed by atoms with Crippen LogP contribution < -0.4 is 10.6 Å². The second kappa shape index (κ2) is 6.61. The first kappa shape index (κ1) is 13.1. The van der Waals surface area contributed by atoms with Crippen LogP contribution >= 0.6 is 0 Å². The average Bonchev–Trinajstić information content (AvgIpc) is 2.27. The zero-order valence-electron chi connectivity index (χ0n) is 9.59. The van der Waals surface area contributed by atoms with E-state index in [1.54, 1.807) is 6.07 Å². The van der Waals surface area contributed by atoms with E-state index in [1.165, 1.54) is 19.1 Å². The number of halogens is 1. The van der Waals surface area contributed by atoms with Crippen LogP contribution in [0.1, 0.15) is 18.1 Å². The molecule has 0 saturated heterocycles. The lowest BCUT2D eigenvalue weighted by Crippen LogP contribution is -2.29. The van der Waals surface area contributed by atoms with Gasteiger partial charge >= 0.3 is 0 Å². The molecule has 0 aliphatic rings. The number of nitriles is 1. The largest absolute Gasteiger partial charge is 0.355 e. The minimum absolute atomic E-state index is 0.0793. The summed E-state index contributed by atoms with van der Waals surface area (Å²) in [4.78, 5) is 10.6. The minimum atomic E-state index is -0.414. The third kappa shape index (κ3) is 5.09. The first-order chi connectivity index (χ1) is 8.11. The zero-order valence-corrected chi connectivity index (χ0v) is 9.59. The Morgan fingerprint density at radius 3 is 2.82 bits per heavy atom. The molecule has 5 heteroatoms. The predicted molar refractivity (Wildman–Crippen MR) is 61.5 cm³/mol. The van der Waals surface area contributed by atoms with E-state index >= 15 is 0 Å². The summed E-state index contributed by atoms with van der Waals surface area (Å²) in [6.45, 7) is 3.03. The van der Waals surface area contributed by atoms with Crippen molar-refractivity contribution in [1.29, 1.82) is 5.26 Å². The first-order valence-electron chi connectivity index (χ1n) is 5.26. The normalized spacial score (nSPS) is 9.71. The third-order valence-corrected chi connectivity index (χ3v) is 2.09. The molecule has 90 valence electrons. The van der Waals surface area contributed by atoms with Crippen LogP contribution in [0.15, 0.2) is 18.2 Å². The molecular weight excluding hydrogens is 221 g/mol. The first-order valence-corrected chi connectivity index (χ1v) is 5.26. The highest BCUT2D eigenvalue weighted by molar-refractivity contribution is 5.72. The predicted octanol–water partition coefficient (Wildman–Crippen LogP) is 0.923. The fraction of sp³-hybridized carbons (Fsp3) is 0.333. The number of carbonyl (C=O) groups excluding carboxylic acids is 1. The molecule has 0 aliphatic heterocycles. The summed E-state index contributed by atoms with van der Waals surface area (Å²) < 4.78 is 13.1. The molecule has 0 saturated carbocycles. The molecule has 17 heavy (non-hydrogen) atoms. The van der Waals surface area contributed by atoms with Gasteiger partial charge in [-0.15, -0.1) is 0 Å². The molecule has 1 aromatic rings. The highest BCUT2D eigenvalue weighted by Crippen LogP contribution is 2.07. The van der Waals surface area contributed by atoms with Gasteiger partial charge in [0.2, 0.25) is 5.91 Å². The Morgan fingerprint density at radius 1 is 1.41 bits per heavy atom. The Hall–Kier alpha value is -1.93. The molecule has 2 N–H and O–H groups in total. The van der Waals surface area contributed by atoms with Crippen molar-refractivity contribution >= 4 is 5.91 Å². The molecule has 1 amide bonds. The van der Waals surface area contributed by atoms with Crippen molar-refractivity contribution in [3.63, 3.8) is 0 Å². The van der Waals surface area contributed by atoms with E-state index in [-0.39, 0.29) is 5.91 Å². The summed E-state index contributed by atoms with van der Waals surface area (Å²) in [6, 6.07) is 6.11. The summed E-state index contributed by atoms with van der Waals surface area (Å²) in [7, 11) is 0. The van der Waals surface area contributed by atoms with Crippen molar-refractivity contribution in [2.75, 3.05) is 13.1 Å². The lowest BCUT2D eigenvalue weighted by Gasteiger charge is -2.06. The standard InChI is InChI=1S/C12H14FN3O/c1-9(17)16-3-2-15-8-11-4-10(7-14)5-12(13)6-11/h4-6,15H,2-3,8H2,1H3,(H,16,17). The van der Waals surface area contributed by atoms with E-state index in [9.17, 15) is 9.18 Å². The minimum Gasteiger partial charge on any atom is -0.355 e. The summed E-state index contributed by atoms with van der Waals surface area (Å²) in [6.07, 6.45) is 0. The van der Waals surface area contributed by atoms with Gasteiger partial charge in [-0.1, -0.05) is 0 Å². The molecule has 0 aliphatic carbocycles. The Morgan fingerprint density at radius 2 is 2.18 bits per heavy atom. The molecule has 1 aromatic carbocycles. The van der Waals surface area contributed by atoms with Gasteiger partial charge in [0.1, 0.15) is 5.82 Å². The SMILES string of the molecule is CC(=O)NCCNCc1cc(F)cc(C#N)c1. The van der Waals surface area contributed by atoms with Gasteiger partial charge in [-0.3, -0.25) is 4.79 Å². The van der Waals surface area contributed by atoms with E-state index in [4.69, 9.17) is 5.26 Å². The smallest absolute Gasteiger partial charge is 0.216 e. The lowest BCUT2D eigenvalue weighted by atomic mass is 10.1. The van der Waals surface area contributed by atoms with Crippen LogP contribution in [0.3, 0.4) is 0 Å². The van der Waals surface area contributed by atoms with Crippen molar-refractivity contribution < 1.29 is 9.18 Å². The Labute approximate surface area is 99.4 Å². The van der Waals surface area contributed by atoms with Gasteiger partial charge in [-0.05, 0) is 23.8 Å². The van der Waals surface area contributed by atoms with Crippen LogP contribution in [0, 0.1) is 17.1 Å². The van der Waals surface area contributed by atoms with E-state index in [1.807, 2.05) is 6.07 Å². The summed E-state index contributed by atoms with van der Waals surface area (Å²) in [5.74, 6) is -0.493. The maximum absolute atomic E-state index is 13.1. The van der Waals surface area contributed by atoms with Crippen LogP contribution in [-0.2, 0) is 11.3 Å². The molecule has 1 rings (SSSR count). The van der Waals surface area contributed by atoms with Crippen LogP contribution in [0.4, 0.5) is 4.39 Å². The zero-order chi connectivity index (χ0) is 12.7. The summed E-state index contributed by atoms with van der Waals surface area (Å²) in [5.41, 5.74) is 1.02. The number of amides is 1. The Bertz CT molecular complexity index is 440. The maximum Gasteiger partial charge on any atom is 0.216 e. The van der Waals surface area contributed by atoms with Gasteiger partial charge in [0.05, 0.1) is 11.6 Å². The summed E-state index contributed by atoms with van der Waals surface area (Å²) in [5, 5.41) is 14.4. The molecule has 0 radical (unpaired) electrons. The van der Waals surface area contributed by atoms with E-state index in [2.05, 4.69) is 10.6 Å². The van der Waals surface area contributed by atoms with E-state index < -0.39 is 5.82 Å². The molecule has 0 fully saturated rings. The molecule has 0 unspecified atom stereocenters. The molecule has 0 heterocycles. The van der Waals surface area contributed by atoms with Crippen LogP contribution in [0.2, 0.25) is 0 Å². The highest BCUT2D eigenvalue weighted by Gasteiger charge is 2.00. The molecule has 4 nitrogen and oxygen atoms in total. The van der Waals surface area contributed by atoms with Gasteiger partial charge in [0, 0.05) is 26.6 Å². The van der Waals surface area contributed by atoms with Crippen molar-refractivity contribution in [2.45, 2.75) is 13.5 Å². The van der Waals surface area contributed by atoms with Crippen molar-refractivity contribution in [2.24, 2.45) is 0 Å². The Kier molecular flexibility index (Phi) is 5.11. The number of nitrogens with one attached hydrogen (secondary N) is 2. The van der Waals surface area contributed by atoms with Crippen LogP contribution in [-0.4, -0.2) is 19.0 Å². The molecule has 0 spiro atoms. The number of hydrogen-bond acceptors (Lipinski definition) is 3.